The Morgan fingerprint density at radius 1 is 1.07 bits per heavy atom. The van der Waals surface area contributed by atoms with E-state index in [1.807, 2.05) is 23.8 Å². The number of anilines is 1. The zero-order chi connectivity index (χ0) is 19.8. The lowest BCUT2D eigenvalue weighted by molar-refractivity contribution is -0.117. The summed E-state index contributed by atoms with van der Waals surface area (Å²) in [6, 6.07) is 9.29. The number of hydrogen-bond acceptors (Lipinski definition) is 5. The second kappa shape index (κ2) is 6.84. The summed E-state index contributed by atoms with van der Waals surface area (Å²) in [7, 11) is -3.91. The van der Waals surface area contributed by atoms with Crippen LogP contribution in [0.15, 0.2) is 47.5 Å². The summed E-state index contributed by atoms with van der Waals surface area (Å²) in [6.45, 7) is 4.81. The van der Waals surface area contributed by atoms with E-state index in [-0.39, 0.29) is 10.8 Å². The van der Waals surface area contributed by atoms with Crippen LogP contribution >= 0.6 is 0 Å². The molecule has 0 bridgehead atoms. The summed E-state index contributed by atoms with van der Waals surface area (Å²) in [4.78, 5) is 28.0. The van der Waals surface area contributed by atoms with Gasteiger partial charge in [0.05, 0.1) is 10.6 Å². The number of pyridine rings is 1. The van der Waals surface area contributed by atoms with E-state index in [1.54, 1.807) is 17.5 Å². The van der Waals surface area contributed by atoms with E-state index in [0.29, 0.717) is 22.7 Å². The third-order valence-corrected chi connectivity index (χ3v) is 5.32. The number of aryl methyl sites for hydroxylation is 2. The first-order chi connectivity index (χ1) is 12.7. The van der Waals surface area contributed by atoms with E-state index in [0.717, 1.165) is 12.5 Å². The molecule has 0 atom stereocenters. The van der Waals surface area contributed by atoms with Crippen LogP contribution in [-0.2, 0) is 14.8 Å². The largest absolute Gasteiger partial charge is 0.321 e. The number of nitrogens with one attached hydrogen (secondary N) is 2. The van der Waals surface area contributed by atoms with Gasteiger partial charge in [-0.15, -0.1) is 0 Å². The molecule has 2 amide bonds. The van der Waals surface area contributed by atoms with Crippen molar-refractivity contribution in [1.29, 1.82) is 0 Å². The molecule has 2 N–H and O–H groups in total. The van der Waals surface area contributed by atoms with Crippen LogP contribution in [-0.4, -0.2) is 29.6 Å². The Morgan fingerprint density at radius 2 is 1.74 bits per heavy atom. The van der Waals surface area contributed by atoms with Gasteiger partial charge in [-0.1, -0.05) is 0 Å². The van der Waals surface area contributed by atoms with Crippen LogP contribution in [0, 0.1) is 13.8 Å². The highest BCUT2D eigenvalue weighted by molar-refractivity contribution is 7.90. The van der Waals surface area contributed by atoms with Crippen LogP contribution in [0.3, 0.4) is 0 Å². The Labute approximate surface area is 156 Å². The summed E-state index contributed by atoms with van der Waals surface area (Å²) in [5.74, 6) is -1.04. The predicted molar refractivity (Wildman–Crippen MR) is 100 cm³/mol. The van der Waals surface area contributed by atoms with Crippen molar-refractivity contribution in [2.45, 2.75) is 25.7 Å². The van der Waals surface area contributed by atoms with Gasteiger partial charge in [-0.25, -0.2) is 18.1 Å². The average Bonchev–Trinajstić information content (AvgIpc) is 2.89. The number of carbonyl (C=O) groups excluding carboxylic acids is 2. The van der Waals surface area contributed by atoms with Gasteiger partial charge in [-0.3, -0.25) is 14.0 Å². The summed E-state index contributed by atoms with van der Waals surface area (Å²) in [5.41, 5.74) is 3.12. The topological polar surface area (TPSA) is 110 Å². The standard InChI is InChI=1S/C18H18N4O4S/c1-11-8-9-22-16(10-11)19-12(2)17(22)18(24)20-14-4-6-15(7-5-14)27(25,26)21-13(3)23/h4-10H,1-3H3,(H,20,24)(H,21,23). The first kappa shape index (κ1) is 18.6. The number of aromatic nitrogens is 2. The lowest BCUT2D eigenvalue weighted by Crippen LogP contribution is -2.28. The molecule has 8 nitrogen and oxygen atoms in total. The molecule has 3 rings (SSSR count). The minimum absolute atomic E-state index is 0.0721. The molecule has 1 aromatic carbocycles. The molecule has 27 heavy (non-hydrogen) atoms. The van der Waals surface area contributed by atoms with Crippen LogP contribution in [0.5, 0.6) is 0 Å². The fourth-order valence-corrected chi connectivity index (χ4v) is 3.68. The highest BCUT2D eigenvalue weighted by Crippen LogP contribution is 2.18. The van der Waals surface area contributed by atoms with Gasteiger partial charge in [0.2, 0.25) is 5.91 Å². The van der Waals surface area contributed by atoms with E-state index in [2.05, 4.69) is 10.3 Å². The molecule has 0 aliphatic rings. The number of amides is 2. The zero-order valence-corrected chi connectivity index (χ0v) is 15.8. The number of nitrogens with zero attached hydrogens (tertiary/aromatic N) is 2. The second-order valence-electron chi connectivity index (χ2n) is 6.12. The number of fused-ring (bicyclic) bond motifs is 1. The molecule has 0 saturated heterocycles. The Hall–Kier alpha value is -3.20. The zero-order valence-electron chi connectivity index (χ0n) is 15.0. The molecular formula is C18H18N4O4S. The molecule has 0 aliphatic carbocycles. The van der Waals surface area contributed by atoms with Gasteiger partial charge in [0.15, 0.2) is 0 Å². The van der Waals surface area contributed by atoms with E-state index in [1.165, 1.54) is 24.3 Å². The van der Waals surface area contributed by atoms with E-state index in [4.69, 9.17) is 0 Å². The van der Waals surface area contributed by atoms with Crippen molar-refractivity contribution in [2.24, 2.45) is 0 Å². The van der Waals surface area contributed by atoms with Gasteiger partial charge >= 0.3 is 0 Å². The second-order valence-corrected chi connectivity index (χ2v) is 7.80. The number of hydrogen-bond donors (Lipinski definition) is 2. The summed E-state index contributed by atoms with van der Waals surface area (Å²) < 4.78 is 27.5. The normalized spacial score (nSPS) is 11.4. The maximum Gasteiger partial charge on any atom is 0.274 e. The van der Waals surface area contributed by atoms with Crippen LogP contribution < -0.4 is 10.0 Å². The minimum Gasteiger partial charge on any atom is -0.321 e. The Morgan fingerprint density at radius 3 is 2.37 bits per heavy atom. The first-order valence-electron chi connectivity index (χ1n) is 8.07. The van der Waals surface area contributed by atoms with Crippen molar-refractivity contribution in [3.8, 4) is 0 Å². The van der Waals surface area contributed by atoms with Gasteiger partial charge in [-0.05, 0) is 55.8 Å². The van der Waals surface area contributed by atoms with Crippen molar-refractivity contribution in [1.82, 2.24) is 14.1 Å². The van der Waals surface area contributed by atoms with Crippen molar-refractivity contribution >= 4 is 33.2 Å². The van der Waals surface area contributed by atoms with Gasteiger partial charge < -0.3 is 5.32 Å². The molecule has 0 radical (unpaired) electrons. The van der Waals surface area contributed by atoms with Gasteiger partial charge in [0, 0.05) is 18.8 Å². The van der Waals surface area contributed by atoms with Crippen LogP contribution in [0.2, 0.25) is 0 Å². The molecule has 9 heteroatoms. The third kappa shape index (κ3) is 3.82. The van der Waals surface area contributed by atoms with Crippen LogP contribution in [0.25, 0.3) is 5.65 Å². The molecule has 0 spiro atoms. The molecule has 0 unspecified atom stereocenters. The molecule has 2 heterocycles. The highest BCUT2D eigenvalue weighted by atomic mass is 32.2. The summed E-state index contributed by atoms with van der Waals surface area (Å²) in [5, 5.41) is 2.73. The maximum absolute atomic E-state index is 12.7. The van der Waals surface area contributed by atoms with Gasteiger partial charge in [0.1, 0.15) is 11.3 Å². The fraction of sp³-hybridized carbons (Fsp3) is 0.167. The first-order valence-corrected chi connectivity index (χ1v) is 9.56. The van der Waals surface area contributed by atoms with E-state index < -0.39 is 15.9 Å². The molecular weight excluding hydrogens is 368 g/mol. The Balaban J connectivity index is 1.85. The SMILES string of the molecule is CC(=O)NS(=O)(=O)c1ccc(NC(=O)c2c(C)nc3cc(C)ccn23)cc1. The van der Waals surface area contributed by atoms with Crippen molar-refractivity contribution in [3.05, 3.63) is 59.5 Å². The summed E-state index contributed by atoms with van der Waals surface area (Å²) in [6.07, 6.45) is 1.78. The van der Waals surface area contributed by atoms with E-state index in [9.17, 15) is 18.0 Å². The van der Waals surface area contributed by atoms with Gasteiger partial charge in [0.25, 0.3) is 15.9 Å². The molecule has 140 valence electrons. The number of imidazole rings is 1. The van der Waals surface area contributed by atoms with Crippen molar-refractivity contribution in [2.75, 3.05) is 5.32 Å². The number of sulfonamides is 1. The number of rotatable bonds is 4. The third-order valence-electron chi connectivity index (χ3n) is 3.87. The van der Waals surface area contributed by atoms with Crippen molar-refractivity contribution in [3.63, 3.8) is 0 Å². The fourth-order valence-electron chi connectivity index (χ4n) is 2.69. The molecule has 0 fully saturated rings. The van der Waals surface area contributed by atoms with E-state index >= 15 is 0 Å². The molecule has 2 aromatic heterocycles. The lowest BCUT2D eigenvalue weighted by Gasteiger charge is -2.08. The van der Waals surface area contributed by atoms with Crippen LogP contribution in [0.1, 0.15) is 28.7 Å². The monoisotopic (exact) mass is 386 g/mol. The number of carbonyl (C=O) groups is 2. The maximum atomic E-state index is 12.7. The Kier molecular flexibility index (Phi) is 4.71. The van der Waals surface area contributed by atoms with Crippen molar-refractivity contribution < 1.29 is 18.0 Å². The Bertz CT molecular complexity index is 1150. The lowest BCUT2D eigenvalue weighted by atomic mass is 10.2. The smallest absolute Gasteiger partial charge is 0.274 e. The highest BCUT2D eigenvalue weighted by Gasteiger charge is 2.18. The number of benzene rings is 1. The molecule has 0 saturated carbocycles. The minimum atomic E-state index is -3.91. The molecule has 3 aromatic rings. The van der Waals surface area contributed by atoms with Crippen LogP contribution in [0.4, 0.5) is 5.69 Å². The quantitative estimate of drug-likeness (QED) is 0.713. The summed E-state index contributed by atoms with van der Waals surface area (Å²) >= 11 is 0. The van der Waals surface area contributed by atoms with Gasteiger partial charge in [-0.2, -0.15) is 0 Å². The predicted octanol–water partition coefficient (Wildman–Crippen LogP) is 2.03. The average molecular weight is 386 g/mol. The molecule has 0 aliphatic heterocycles.